The summed E-state index contributed by atoms with van der Waals surface area (Å²) in [6, 6.07) is 5.35. The van der Waals surface area contributed by atoms with E-state index in [1.807, 2.05) is 13.2 Å². The summed E-state index contributed by atoms with van der Waals surface area (Å²) in [5.74, 6) is -0.607. The Labute approximate surface area is 124 Å². The van der Waals surface area contributed by atoms with Gasteiger partial charge in [0.2, 0.25) is 5.91 Å². The molecular formula is C14H10ClN5O. The Kier molecular flexibility index (Phi) is 2.49. The molecular weight excluding hydrogens is 290 g/mol. The van der Waals surface area contributed by atoms with Crippen LogP contribution in [0.25, 0.3) is 11.0 Å². The van der Waals surface area contributed by atoms with E-state index in [0.717, 1.165) is 16.6 Å². The van der Waals surface area contributed by atoms with Crippen LogP contribution in [-0.2, 0) is 11.8 Å². The number of anilines is 1. The Hall–Kier alpha value is -2.47. The highest BCUT2D eigenvalue weighted by Crippen LogP contribution is 2.39. The molecule has 0 spiro atoms. The Balaban J connectivity index is 1.97. The van der Waals surface area contributed by atoms with Gasteiger partial charge in [0.05, 0.1) is 11.1 Å². The number of halogens is 1. The molecule has 0 saturated carbocycles. The van der Waals surface area contributed by atoms with Crippen molar-refractivity contribution >= 4 is 34.2 Å². The molecule has 0 saturated heterocycles. The minimum atomic E-state index is -0.492. The second kappa shape index (κ2) is 4.26. The van der Waals surface area contributed by atoms with Crippen molar-refractivity contribution in [3.8, 4) is 0 Å². The van der Waals surface area contributed by atoms with Crippen molar-refractivity contribution in [1.29, 1.82) is 0 Å². The Morgan fingerprint density at radius 2 is 2.19 bits per heavy atom. The number of amides is 1. The topological polar surface area (TPSA) is 72.7 Å². The van der Waals surface area contributed by atoms with Gasteiger partial charge < -0.3 is 5.32 Å². The first-order valence-corrected chi connectivity index (χ1v) is 6.76. The summed E-state index contributed by atoms with van der Waals surface area (Å²) in [5, 5.41) is 8.47. The normalized spacial score (nSPS) is 17.0. The molecule has 0 bridgehead atoms. The fourth-order valence-electron chi connectivity index (χ4n) is 2.70. The first-order chi connectivity index (χ1) is 10.1. The number of benzene rings is 1. The van der Waals surface area contributed by atoms with Crippen LogP contribution in [0.15, 0.2) is 30.7 Å². The highest BCUT2D eigenvalue weighted by Gasteiger charge is 2.34. The van der Waals surface area contributed by atoms with E-state index >= 15 is 0 Å². The molecule has 1 atom stereocenters. The first-order valence-electron chi connectivity index (χ1n) is 6.38. The van der Waals surface area contributed by atoms with Crippen LogP contribution in [0.2, 0.25) is 5.02 Å². The second-order valence-corrected chi connectivity index (χ2v) is 5.39. The van der Waals surface area contributed by atoms with Crippen molar-refractivity contribution in [3.63, 3.8) is 0 Å². The molecule has 1 N–H and O–H groups in total. The van der Waals surface area contributed by atoms with Gasteiger partial charge in [-0.25, -0.2) is 9.97 Å². The zero-order valence-corrected chi connectivity index (χ0v) is 11.8. The number of nitrogens with one attached hydrogen (secondary N) is 1. The summed E-state index contributed by atoms with van der Waals surface area (Å²) in [6.45, 7) is 0. The molecule has 3 aromatic rings. The average molecular weight is 300 g/mol. The molecule has 1 unspecified atom stereocenters. The second-order valence-electron chi connectivity index (χ2n) is 4.95. The molecule has 0 aliphatic carbocycles. The van der Waals surface area contributed by atoms with E-state index in [4.69, 9.17) is 11.6 Å². The maximum absolute atomic E-state index is 12.4. The van der Waals surface area contributed by atoms with Crippen LogP contribution in [0.4, 0.5) is 5.69 Å². The van der Waals surface area contributed by atoms with Gasteiger partial charge in [-0.2, -0.15) is 5.10 Å². The van der Waals surface area contributed by atoms with Gasteiger partial charge >= 0.3 is 0 Å². The van der Waals surface area contributed by atoms with Crippen LogP contribution in [-0.4, -0.2) is 25.7 Å². The summed E-state index contributed by atoms with van der Waals surface area (Å²) in [6.07, 6.45) is 3.25. The van der Waals surface area contributed by atoms with Gasteiger partial charge in [0.25, 0.3) is 0 Å². The van der Waals surface area contributed by atoms with Crippen LogP contribution < -0.4 is 5.32 Å². The highest BCUT2D eigenvalue weighted by molar-refractivity contribution is 6.31. The predicted molar refractivity (Wildman–Crippen MR) is 78.2 cm³/mol. The Morgan fingerprint density at radius 1 is 1.33 bits per heavy atom. The van der Waals surface area contributed by atoms with E-state index < -0.39 is 5.92 Å². The molecule has 4 rings (SSSR count). The largest absolute Gasteiger partial charge is 0.325 e. The molecule has 7 heteroatoms. The number of hydrogen-bond donors (Lipinski definition) is 1. The molecule has 1 amide bonds. The van der Waals surface area contributed by atoms with Crippen LogP contribution in [0, 0.1) is 0 Å². The zero-order chi connectivity index (χ0) is 14.6. The summed E-state index contributed by atoms with van der Waals surface area (Å²) < 4.78 is 1.66. The van der Waals surface area contributed by atoms with E-state index in [1.54, 1.807) is 22.9 Å². The van der Waals surface area contributed by atoms with Gasteiger partial charge in [-0.3, -0.25) is 9.48 Å². The zero-order valence-electron chi connectivity index (χ0n) is 11.0. The van der Waals surface area contributed by atoms with Crippen molar-refractivity contribution in [1.82, 2.24) is 19.7 Å². The number of carbonyl (C=O) groups is 1. The van der Waals surface area contributed by atoms with E-state index in [1.165, 1.54) is 6.33 Å². The monoisotopic (exact) mass is 299 g/mol. The molecule has 1 aliphatic heterocycles. The van der Waals surface area contributed by atoms with Crippen molar-refractivity contribution in [2.75, 3.05) is 5.32 Å². The molecule has 0 fully saturated rings. The highest BCUT2D eigenvalue weighted by atomic mass is 35.5. The van der Waals surface area contributed by atoms with E-state index in [9.17, 15) is 4.79 Å². The number of nitrogens with zero attached hydrogens (tertiary/aromatic N) is 4. The van der Waals surface area contributed by atoms with Gasteiger partial charge in [-0.15, -0.1) is 0 Å². The molecule has 21 heavy (non-hydrogen) atoms. The van der Waals surface area contributed by atoms with Crippen LogP contribution in [0.5, 0.6) is 0 Å². The van der Waals surface area contributed by atoms with Gasteiger partial charge in [0, 0.05) is 24.0 Å². The van der Waals surface area contributed by atoms with Crippen molar-refractivity contribution in [3.05, 3.63) is 47.0 Å². The fraction of sp³-hybridized carbons (Fsp3) is 0.143. The molecule has 1 aromatic carbocycles. The third kappa shape index (κ3) is 1.80. The number of carbonyl (C=O) groups excluding carboxylic acids is 1. The standard InChI is InChI=1S/C14H10ClN5O/c1-20-5-9-12(16-6-17-13(9)19-20)11-8-4-7(15)2-3-10(8)18-14(11)21/h2-6,11H,1H3,(H,18,21). The van der Waals surface area contributed by atoms with Gasteiger partial charge in [0.15, 0.2) is 5.65 Å². The van der Waals surface area contributed by atoms with Crippen LogP contribution in [0.3, 0.4) is 0 Å². The van der Waals surface area contributed by atoms with Crippen molar-refractivity contribution < 1.29 is 4.79 Å². The lowest BCUT2D eigenvalue weighted by molar-refractivity contribution is -0.116. The van der Waals surface area contributed by atoms with Crippen LogP contribution in [0.1, 0.15) is 17.2 Å². The number of hydrogen-bond acceptors (Lipinski definition) is 4. The molecule has 104 valence electrons. The SMILES string of the molecule is Cn1cc2c(C3C(=O)Nc4ccc(Cl)cc43)ncnc2n1. The Bertz CT molecular complexity index is 888. The number of fused-ring (bicyclic) bond motifs is 2. The first kappa shape index (κ1) is 12.3. The van der Waals surface area contributed by atoms with E-state index in [0.29, 0.717) is 16.4 Å². The average Bonchev–Trinajstić information content (AvgIpc) is 2.97. The third-order valence-corrected chi connectivity index (χ3v) is 3.82. The minimum Gasteiger partial charge on any atom is -0.325 e. The quantitative estimate of drug-likeness (QED) is 0.747. The number of aromatic nitrogens is 4. The van der Waals surface area contributed by atoms with E-state index in [2.05, 4.69) is 20.4 Å². The molecule has 3 heterocycles. The summed E-state index contributed by atoms with van der Waals surface area (Å²) in [7, 11) is 1.81. The van der Waals surface area contributed by atoms with Crippen molar-refractivity contribution in [2.24, 2.45) is 7.05 Å². The predicted octanol–water partition coefficient (Wildman–Crippen LogP) is 2.10. The van der Waals surface area contributed by atoms with Crippen molar-refractivity contribution in [2.45, 2.75) is 5.92 Å². The number of rotatable bonds is 1. The van der Waals surface area contributed by atoms with E-state index in [-0.39, 0.29) is 5.91 Å². The number of aryl methyl sites for hydroxylation is 1. The summed E-state index contributed by atoms with van der Waals surface area (Å²) in [4.78, 5) is 20.8. The summed E-state index contributed by atoms with van der Waals surface area (Å²) in [5.41, 5.74) is 2.82. The molecule has 6 nitrogen and oxygen atoms in total. The maximum Gasteiger partial charge on any atom is 0.238 e. The lowest BCUT2D eigenvalue weighted by Crippen LogP contribution is -2.14. The molecule has 0 radical (unpaired) electrons. The van der Waals surface area contributed by atoms with Gasteiger partial charge in [-0.1, -0.05) is 11.6 Å². The van der Waals surface area contributed by atoms with Gasteiger partial charge in [0.1, 0.15) is 12.2 Å². The minimum absolute atomic E-state index is 0.115. The maximum atomic E-state index is 12.4. The summed E-state index contributed by atoms with van der Waals surface area (Å²) >= 11 is 6.06. The molecule has 2 aromatic heterocycles. The molecule has 1 aliphatic rings. The lowest BCUT2D eigenvalue weighted by Gasteiger charge is -2.08. The Morgan fingerprint density at radius 3 is 3.05 bits per heavy atom. The lowest BCUT2D eigenvalue weighted by atomic mass is 9.95. The third-order valence-electron chi connectivity index (χ3n) is 3.58. The van der Waals surface area contributed by atoms with Gasteiger partial charge in [-0.05, 0) is 23.8 Å². The fourth-order valence-corrected chi connectivity index (χ4v) is 2.88. The van der Waals surface area contributed by atoms with Crippen LogP contribution >= 0.6 is 11.6 Å². The smallest absolute Gasteiger partial charge is 0.238 e.